The fourth-order valence-electron chi connectivity index (χ4n) is 2.64. The lowest BCUT2D eigenvalue weighted by Gasteiger charge is -2.16. The van der Waals surface area contributed by atoms with Crippen LogP contribution in [-0.2, 0) is 11.3 Å². The molecule has 5 nitrogen and oxygen atoms in total. The zero-order valence-electron chi connectivity index (χ0n) is 17.7. The normalized spacial score (nSPS) is 12.1. The molecular formula is C23H33IN4O. The highest BCUT2D eigenvalue weighted by Gasteiger charge is 2.07. The number of carbonyl (C=O) groups is 1. The van der Waals surface area contributed by atoms with E-state index in [9.17, 15) is 4.79 Å². The van der Waals surface area contributed by atoms with Crippen molar-refractivity contribution >= 4 is 41.5 Å². The number of carbonyl (C=O) groups excluding carboxylic acids is 1. The maximum atomic E-state index is 11.8. The highest BCUT2D eigenvalue weighted by molar-refractivity contribution is 14.0. The van der Waals surface area contributed by atoms with Crippen molar-refractivity contribution in [3.63, 3.8) is 0 Å². The number of rotatable bonds is 8. The minimum Gasteiger partial charge on any atom is -0.357 e. The number of nitrogens with one attached hydrogen (secondary N) is 3. The smallest absolute Gasteiger partial charge is 0.226 e. The van der Waals surface area contributed by atoms with Crippen LogP contribution in [-0.4, -0.2) is 25.0 Å². The number of benzene rings is 2. The number of hydrogen-bond donors (Lipinski definition) is 3. The van der Waals surface area contributed by atoms with Crippen LogP contribution in [0, 0.1) is 5.92 Å². The van der Waals surface area contributed by atoms with Crippen molar-refractivity contribution in [2.45, 2.75) is 40.2 Å². The molecule has 0 bridgehead atoms. The van der Waals surface area contributed by atoms with E-state index < -0.39 is 0 Å². The monoisotopic (exact) mass is 508 g/mol. The van der Waals surface area contributed by atoms with Gasteiger partial charge in [-0.15, -0.1) is 24.0 Å². The maximum absolute atomic E-state index is 11.8. The molecule has 29 heavy (non-hydrogen) atoms. The molecule has 0 aromatic heterocycles. The summed E-state index contributed by atoms with van der Waals surface area (Å²) in [5.41, 5.74) is 3.22. The average molecular weight is 508 g/mol. The van der Waals surface area contributed by atoms with E-state index in [1.807, 2.05) is 44.2 Å². The van der Waals surface area contributed by atoms with Crippen molar-refractivity contribution in [3.05, 3.63) is 65.7 Å². The summed E-state index contributed by atoms with van der Waals surface area (Å²) in [5.74, 6) is 1.20. The first-order valence-electron chi connectivity index (χ1n) is 9.96. The number of aliphatic imine (C=N–C) groups is 1. The number of anilines is 1. The predicted octanol–water partition coefficient (Wildman–Crippen LogP) is 4.76. The topological polar surface area (TPSA) is 65.5 Å². The van der Waals surface area contributed by atoms with Gasteiger partial charge in [-0.25, -0.2) is 4.99 Å². The quantitative estimate of drug-likeness (QED) is 0.274. The summed E-state index contributed by atoms with van der Waals surface area (Å²) in [5, 5.41) is 9.62. The van der Waals surface area contributed by atoms with Crippen molar-refractivity contribution in [2.24, 2.45) is 10.9 Å². The highest BCUT2D eigenvalue weighted by Crippen LogP contribution is 2.13. The second kappa shape index (κ2) is 13.2. The molecule has 2 rings (SSSR count). The Morgan fingerprint density at radius 3 is 2.21 bits per heavy atom. The first-order valence-corrected chi connectivity index (χ1v) is 9.96. The minimum absolute atomic E-state index is 0. The fraction of sp³-hybridized carbons (Fsp3) is 0.391. The van der Waals surface area contributed by atoms with E-state index in [1.165, 1.54) is 5.56 Å². The van der Waals surface area contributed by atoms with Crippen molar-refractivity contribution in [1.29, 1.82) is 0 Å². The molecular weight excluding hydrogens is 475 g/mol. The number of nitrogens with zero attached hydrogens (tertiary/aromatic N) is 1. The third kappa shape index (κ3) is 8.85. The van der Waals surface area contributed by atoms with Crippen molar-refractivity contribution < 1.29 is 4.79 Å². The van der Waals surface area contributed by atoms with Crippen molar-refractivity contribution in [3.8, 4) is 0 Å². The lowest BCUT2D eigenvalue weighted by Crippen LogP contribution is -2.39. The molecule has 0 aliphatic rings. The first kappa shape index (κ1) is 24.9. The van der Waals surface area contributed by atoms with Gasteiger partial charge in [0, 0.05) is 24.7 Å². The van der Waals surface area contributed by atoms with Crippen LogP contribution in [0.1, 0.15) is 44.7 Å². The van der Waals surface area contributed by atoms with Crippen LogP contribution in [0.5, 0.6) is 0 Å². The molecule has 158 valence electrons. The Balaban J connectivity index is 0.00000420. The second-order valence-electron chi connectivity index (χ2n) is 7.23. The van der Waals surface area contributed by atoms with Gasteiger partial charge in [-0.2, -0.15) is 0 Å². The van der Waals surface area contributed by atoms with Gasteiger partial charge < -0.3 is 16.0 Å². The van der Waals surface area contributed by atoms with Gasteiger partial charge in [0.15, 0.2) is 5.96 Å². The highest BCUT2D eigenvalue weighted by atomic mass is 127. The summed E-state index contributed by atoms with van der Waals surface area (Å²) < 4.78 is 0. The van der Waals surface area contributed by atoms with E-state index in [0.29, 0.717) is 12.5 Å². The van der Waals surface area contributed by atoms with Gasteiger partial charge in [0.2, 0.25) is 5.91 Å². The van der Waals surface area contributed by atoms with Crippen LogP contribution in [0.15, 0.2) is 59.6 Å². The summed E-state index contributed by atoms with van der Waals surface area (Å²) in [7, 11) is 0. The average Bonchev–Trinajstić information content (AvgIpc) is 2.71. The number of guanidine groups is 1. The van der Waals surface area contributed by atoms with Gasteiger partial charge in [0.05, 0.1) is 6.54 Å². The van der Waals surface area contributed by atoms with E-state index in [0.717, 1.165) is 30.3 Å². The Hall–Kier alpha value is -2.09. The molecule has 0 spiro atoms. The Morgan fingerprint density at radius 1 is 0.966 bits per heavy atom. The molecule has 0 saturated heterocycles. The molecule has 6 heteroatoms. The van der Waals surface area contributed by atoms with E-state index >= 15 is 0 Å². The zero-order chi connectivity index (χ0) is 20.4. The molecule has 0 heterocycles. The Bertz CT molecular complexity index is 760. The summed E-state index contributed by atoms with van der Waals surface area (Å²) >= 11 is 0. The first-order chi connectivity index (χ1) is 13.5. The van der Waals surface area contributed by atoms with Crippen LogP contribution in [0.2, 0.25) is 0 Å². The molecule has 0 radical (unpaired) electrons. The van der Waals surface area contributed by atoms with Gasteiger partial charge in [0.25, 0.3) is 0 Å². The third-order valence-electron chi connectivity index (χ3n) is 4.45. The Kier molecular flexibility index (Phi) is 11.3. The number of amides is 1. The summed E-state index contributed by atoms with van der Waals surface area (Å²) in [4.78, 5) is 16.4. The molecule has 0 aliphatic carbocycles. The van der Waals surface area contributed by atoms with Crippen LogP contribution >= 0.6 is 24.0 Å². The van der Waals surface area contributed by atoms with Crippen molar-refractivity contribution in [1.82, 2.24) is 10.6 Å². The number of halogens is 1. The van der Waals surface area contributed by atoms with Crippen LogP contribution in [0.3, 0.4) is 0 Å². The summed E-state index contributed by atoms with van der Waals surface area (Å²) in [6.45, 7) is 10.2. The van der Waals surface area contributed by atoms with Gasteiger partial charge >= 0.3 is 0 Å². The standard InChI is InChI=1S/C23H32N4O.HI/c1-5-24-23(25-15-18(4)20-9-7-6-8-10-20)26-16-19-11-13-21(14-12-19)27-22(28)17(2)3;/h6-14,17-18H,5,15-16H2,1-4H3,(H,27,28)(H2,24,25,26);1H. The van der Waals surface area contributed by atoms with E-state index in [1.54, 1.807) is 0 Å². The lowest BCUT2D eigenvalue weighted by molar-refractivity contribution is -0.118. The molecule has 1 unspecified atom stereocenters. The van der Waals surface area contributed by atoms with Crippen LogP contribution in [0.25, 0.3) is 0 Å². The van der Waals surface area contributed by atoms with Crippen LogP contribution < -0.4 is 16.0 Å². The zero-order valence-corrected chi connectivity index (χ0v) is 20.1. The van der Waals surface area contributed by atoms with Gasteiger partial charge in [0.1, 0.15) is 0 Å². The molecule has 1 amide bonds. The molecule has 3 N–H and O–H groups in total. The number of hydrogen-bond acceptors (Lipinski definition) is 2. The lowest BCUT2D eigenvalue weighted by atomic mass is 10.0. The Morgan fingerprint density at radius 2 is 1.62 bits per heavy atom. The fourth-order valence-corrected chi connectivity index (χ4v) is 2.64. The molecule has 0 fully saturated rings. The minimum atomic E-state index is -0.0312. The Labute approximate surface area is 191 Å². The van der Waals surface area contributed by atoms with Crippen LogP contribution in [0.4, 0.5) is 5.69 Å². The summed E-state index contributed by atoms with van der Waals surface area (Å²) in [6, 6.07) is 18.3. The maximum Gasteiger partial charge on any atom is 0.226 e. The third-order valence-corrected chi connectivity index (χ3v) is 4.45. The van der Waals surface area contributed by atoms with E-state index in [4.69, 9.17) is 0 Å². The SMILES string of the molecule is CCNC(=NCc1ccc(NC(=O)C(C)C)cc1)NCC(C)c1ccccc1.I. The van der Waals surface area contributed by atoms with Crippen molar-refractivity contribution in [2.75, 3.05) is 18.4 Å². The summed E-state index contributed by atoms with van der Waals surface area (Å²) in [6.07, 6.45) is 0. The molecule has 0 aliphatic heterocycles. The van der Waals surface area contributed by atoms with E-state index in [2.05, 4.69) is 59.1 Å². The van der Waals surface area contributed by atoms with E-state index in [-0.39, 0.29) is 35.8 Å². The largest absolute Gasteiger partial charge is 0.357 e. The molecule has 2 aromatic carbocycles. The molecule has 1 atom stereocenters. The molecule has 0 saturated carbocycles. The second-order valence-corrected chi connectivity index (χ2v) is 7.23. The van der Waals surface area contributed by atoms with Gasteiger partial charge in [-0.3, -0.25) is 4.79 Å². The predicted molar refractivity (Wildman–Crippen MR) is 133 cm³/mol. The molecule has 2 aromatic rings. The van der Waals surface area contributed by atoms with Gasteiger partial charge in [-0.1, -0.05) is 63.2 Å². The van der Waals surface area contributed by atoms with Gasteiger partial charge in [-0.05, 0) is 36.1 Å².